The molecule has 6 N–H and O–H groups in total. The monoisotopic (exact) mass is 462 g/mol. The highest BCUT2D eigenvalue weighted by molar-refractivity contribution is 5.95. The predicted octanol–water partition coefficient (Wildman–Crippen LogP) is 2.42. The van der Waals surface area contributed by atoms with E-state index in [1.807, 2.05) is 66.7 Å². The van der Waals surface area contributed by atoms with E-state index in [0.29, 0.717) is 37.3 Å². The molecule has 0 heterocycles. The van der Waals surface area contributed by atoms with Gasteiger partial charge in [0, 0.05) is 12.1 Å². The van der Waals surface area contributed by atoms with Gasteiger partial charge in [0.1, 0.15) is 5.75 Å². The summed E-state index contributed by atoms with van der Waals surface area (Å²) in [7, 11) is 0. The Bertz CT molecular complexity index is 1130. The van der Waals surface area contributed by atoms with E-state index in [-0.39, 0.29) is 12.3 Å². The molecule has 0 bridgehead atoms. The zero-order chi connectivity index (χ0) is 24.3. The second-order valence-electron chi connectivity index (χ2n) is 8.04. The second kappa shape index (κ2) is 12.4. The van der Waals surface area contributed by atoms with Crippen LogP contribution in [0.5, 0.6) is 5.75 Å². The van der Waals surface area contributed by atoms with Crippen LogP contribution < -0.4 is 26.8 Å². The van der Waals surface area contributed by atoms with Crippen molar-refractivity contribution in [3.05, 3.63) is 77.9 Å². The van der Waals surface area contributed by atoms with Crippen LogP contribution in [-0.2, 0) is 22.4 Å². The molecule has 0 saturated carbocycles. The third-order valence-electron chi connectivity index (χ3n) is 5.31. The van der Waals surface area contributed by atoms with Gasteiger partial charge in [-0.25, -0.2) is 4.79 Å². The lowest BCUT2D eigenvalue weighted by Crippen LogP contribution is -2.42. The van der Waals surface area contributed by atoms with Gasteiger partial charge in [-0.05, 0) is 47.7 Å². The maximum absolute atomic E-state index is 12.2. The molecule has 8 heteroatoms. The number of hydrogen-bond donors (Lipinski definition) is 4. The first-order chi connectivity index (χ1) is 16.4. The van der Waals surface area contributed by atoms with Crippen LogP contribution in [0, 0.1) is 0 Å². The number of amides is 4. The summed E-state index contributed by atoms with van der Waals surface area (Å²) in [5.74, 6) is -0.100. The summed E-state index contributed by atoms with van der Waals surface area (Å²) in [5, 5.41) is 6.89. The average molecular weight is 463 g/mol. The summed E-state index contributed by atoms with van der Waals surface area (Å²) in [6, 6.07) is 19.7. The van der Waals surface area contributed by atoms with Crippen molar-refractivity contribution >= 4 is 28.6 Å². The average Bonchev–Trinajstić information content (AvgIpc) is 2.81. The molecule has 0 saturated heterocycles. The Morgan fingerprint density at radius 2 is 1.59 bits per heavy atom. The quantitative estimate of drug-likeness (QED) is 0.324. The van der Waals surface area contributed by atoms with Crippen molar-refractivity contribution in [2.75, 3.05) is 13.2 Å². The Hall–Kier alpha value is -3.91. The number of carbonyl (C=O) groups is 3. The largest absolute Gasteiger partial charge is 0.493 e. The van der Waals surface area contributed by atoms with Crippen LogP contribution in [-0.4, -0.2) is 37.0 Å². The van der Waals surface area contributed by atoms with Gasteiger partial charge in [0.15, 0.2) is 0 Å². The molecule has 0 spiro atoms. The van der Waals surface area contributed by atoms with E-state index in [0.717, 1.165) is 22.8 Å². The first kappa shape index (κ1) is 24.7. The van der Waals surface area contributed by atoms with E-state index >= 15 is 0 Å². The summed E-state index contributed by atoms with van der Waals surface area (Å²) in [5.41, 5.74) is 12.7. The molecule has 0 aliphatic carbocycles. The number of nitrogens with one attached hydrogen (secondary N) is 2. The number of hydrogen-bond acceptors (Lipinski definition) is 5. The Morgan fingerprint density at radius 1 is 0.912 bits per heavy atom. The van der Waals surface area contributed by atoms with Crippen LogP contribution in [0.15, 0.2) is 66.7 Å². The van der Waals surface area contributed by atoms with E-state index in [1.54, 1.807) is 0 Å². The molecule has 8 nitrogen and oxygen atoms in total. The normalized spacial score (nSPS) is 11.6. The topological polar surface area (TPSA) is 137 Å². The highest BCUT2D eigenvalue weighted by Gasteiger charge is 2.14. The van der Waals surface area contributed by atoms with E-state index in [2.05, 4.69) is 10.6 Å². The van der Waals surface area contributed by atoms with Gasteiger partial charge in [-0.3, -0.25) is 14.9 Å². The van der Waals surface area contributed by atoms with Gasteiger partial charge in [-0.1, -0.05) is 54.6 Å². The van der Waals surface area contributed by atoms with Crippen molar-refractivity contribution < 1.29 is 19.1 Å². The molecule has 0 unspecified atom stereocenters. The van der Waals surface area contributed by atoms with Crippen LogP contribution in [0.25, 0.3) is 10.8 Å². The summed E-state index contributed by atoms with van der Waals surface area (Å²) in [4.78, 5) is 35.2. The number of primary amides is 1. The van der Waals surface area contributed by atoms with Crippen LogP contribution in [0.4, 0.5) is 4.79 Å². The maximum Gasteiger partial charge on any atom is 0.318 e. The Balaban J connectivity index is 1.48. The van der Waals surface area contributed by atoms with Gasteiger partial charge in [0.2, 0.25) is 11.8 Å². The number of nitrogens with two attached hydrogens (primary N) is 2. The highest BCUT2D eigenvalue weighted by Crippen LogP contribution is 2.27. The van der Waals surface area contributed by atoms with Crippen LogP contribution in [0.1, 0.15) is 24.0 Å². The van der Waals surface area contributed by atoms with Crippen LogP contribution in [0.2, 0.25) is 0 Å². The van der Waals surface area contributed by atoms with Crippen molar-refractivity contribution in [3.8, 4) is 5.75 Å². The van der Waals surface area contributed by atoms with Crippen molar-refractivity contribution in [1.82, 2.24) is 10.6 Å². The van der Waals surface area contributed by atoms with E-state index < -0.39 is 18.0 Å². The summed E-state index contributed by atoms with van der Waals surface area (Å²) < 4.78 is 5.95. The van der Waals surface area contributed by atoms with Gasteiger partial charge in [-0.2, -0.15) is 0 Å². The fraction of sp³-hybridized carbons (Fsp3) is 0.269. The number of rotatable bonds is 11. The molecular weight excluding hydrogens is 432 g/mol. The number of benzene rings is 3. The number of carbonyl (C=O) groups excluding carboxylic acids is 3. The number of urea groups is 1. The van der Waals surface area contributed by atoms with Gasteiger partial charge in [0.05, 0.1) is 19.1 Å². The molecule has 0 aromatic heterocycles. The second-order valence-corrected chi connectivity index (χ2v) is 8.04. The van der Waals surface area contributed by atoms with Crippen LogP contribution >= 0.6 is 0 Å². The molecule has 3 rings (SSSR count). The summed E-state index contributed by atoms with van der Waals surface area (Å²) in [6.07, 6.45) is 1.88. The molecule has 34 heavy (non-hydrogen) atoms. The smallest absolute Gasteiger partial charge is 0.318 e. The molecule has 0 radical (unpaired) electrons. The SMILES string of the molecule is NC(=O)NC(=O)Cc1cc2ccccc2cc1OCCCCNC(=O)[C@H](N)Cc1ccccc1. The van der Waals surface area contributed by atoms with Crippen molar-refractivity contribution in [3.63, 3.8) is 0 Å². The molecule has 3 aromatic rings. The fourth-order valence-electron chi connectivity index (χ4n) is 3.61. The van der Waals surface area contributed by atoms with Gasteiger partial charge < -0.3 is 21.5 Å². The Kier molecular flexibility index (Phi) is 8.99. The first-order valence-corrected chi connectivity index (χ1v) is 11.2. The maximum atomic E-state index is 12.2. The predicted molar refractivity (Wildman–Crippen MR) is 131 cm³/mol. The molecule has 0 fully saturated rings. The number of imide groups is 1. The number of fused-ring (bicyclic) bond motifs is 1. The van der Waals surface area contributed by atoms with Crippen molar-refractivity contribution in [2.45, 2.75) is 31.7 Å². The molecule has 3 aromatic carbocycles. The zero-order valence-corrected chi connectivity index (χ0v) is 19.0. The lowest BCUT2D eigenvalue weighted by atomic mass is 10.0. The van der Waals surface area contributed by atoms with Gasteiger partial charge in [-0.15, -0.1) is 0 Å². The van der Waals surface area contributed by atoms with Crippen molar-refractivity contribution in [1.29, 1.82) is 0 Å². The van der Waals surface area contributed by atoms with Crippen molar-refractivity contribution in [2.24, 2.45) is 11.5 Å². The lowest BCUT2D eigenvalue weighted by Gasteiger charge is -2.14. The van der Waals surface area contributed by atoms with Crippen LogP contribution in [0.3, 0.4) is 0 Å². The van der Waals surface area contributed by atoms with Gasteiger partial charge in [0.25, 0.3) is 0 Å². The fourth-order valence-corrected chi connectivity index (χ4v) is 3.61. The minimum Gasteiger partial charge on any atom is -0.493 e. The lowest BCUT2D eigenvalue weighted by molar-refractivity contribution is -0.122. The van der Waals surface area contributed by atoms with Gasteiger partial charge >= 0.3 is 6.03 Å². The Morgan fingerprint density at radius 3 is 2.29 bits per heavy atom. The molecule has 0 aliphatic rings. The third-order valence-corrected chi connectivity index (χ3v) is 5.31. The molecule has 1 atom stereocenters. The zero-order valence-electron chi connectivity index (χ0n) is 19.0. The van der Waals surface area contributed by atoms with E-state index in [1.165, 1.54) is 0 Å². The molecule has 178 valence electrons. The molecule has 0 aliphatic heterocycles. The Labute approximate surface area is 198 Å². The van der Waals surface area contributed by atoms with E-state index in [9.17, 15) is 14.4 Å². The third kappa shape index (κ3) is 7.60. The first-order valence-electron chi connectivity index (χ1n) is 11.2. The summed E-state index contributed by atoms with van der Waals surface area (Å²) >= 11 is 0. The van der Waals surface area contributed by atoms with E-state index in [4.69, 9.17) is 16.2 Å². The minimum atomic E-state index is -0.890. The minimum absolute atomic E-state index is 0.0293. The highest BCUT2D eigenvalue weighted by atomic mass is 16.5. The standard InChI is InChI=1S/C26H30N4O4/c27-22(14-18-8-2-1-3-9-18)25(32)29-12-6-7-13-34-23-16-20-11-5-4-10-19(20)15-21(23)17-24(31)30-26(28)33/h1-5,8-11,15-16,22H,6-7,12-14,17,27H2,(H,29,32)(H3,28,30,31,33)/t22-/m1/s1. The summed E-state index contributed by atoms with van der Waals surface area (Å²) in [6.45, 7) is 0.908. The molecule has 4 amide bonds. The molecular formula is C26H30N4O4. The number of ether oxygens (including phenoxy) is 1. The number of unbranched alkanes of at least 4 members (excludes halogenated alkanes) is 1.